The van der Waals surface area contributed by atoms with Gasteiger partial charge in [0.1, 0.15) is 0 Å². The molecule has 3 aromatic carbocycles. The zero-order valence-electron chi connectivity index (χ0n) is 15.8. The summed E-state index contributed by atoms with van der Waals surface area (Å²) in [6.07, 6.45) is 8.79. The second-order valence-electron chi connectivity index (χ2n) is 7.73. The average molecular weight is 341 g/mol. The Morgan fingerprint density at radius 2 is 1.15 bits per heavy atom. The molecule has 0 heteroatoms. The van der Waals surface area contributed by atoms with Gasteiger partial charge in [0.15, 0.2) is 0 Å². The van der Waals surface area contributed by atoms with Gasteiger partial charge in [-0.15, -0.1) is 0 Å². The fourth-order valence-electron chi connectivity index (χ4n) is 3.83. The van der Waals surface area contributed by atoms with Crippen LogP contribution in [0.3, 0.4) is 0 Å². The van der Waals surface area contributed by atoms with Crippen LogP contribution in [0.5, 0.6) is 0 Å². The summed E-state index contributed by atoms with van der Waals surface area (Å²) >= 11 is 0. The number of unbranched alkanes of at least 4 members (excludes halogenated alkanes) is 2. The molecule has 1 aliphatic carbocycles. The Balaban J connectivity index is 1.24. The lowest BCUT2D eigenvalue weighted by atomic mass is 9.86. The average Bonchev–Trinajstić information content (AvgIpc) is 2.65. The molecule has 0 heterocycles. The van der Waals surface area contributed by atoms with Crippen molar-refractivity contribution in [2.45, 2.75) is 51.9 Å². The summed E-state index contributed by atoms with van der Waals surface area (Å²) in [6.45, 7) is 2.15. The third-order valence-corrected chi connectivity index (χ3v) is 5.71. The van der Waals surface area contributed by atoms with Crippen LogP contribution in [0.25, 0.3) is 11.1 Å². The van der Waals surface area contributed by atoms with Gasteiger partial charge in [0.2, 0.25) is 0 Å². The molecule has 0 aliphatic heterocycles. The first-order valence-corrected chi connectivity index (χ1v) is 10.0. The molecule has 0 aromatic heterocycles. The van der Waals surface area contributed by atoms with E-state index in [0.717, 1.165) is 0 Å². The van der Waals surface area contributed by atoms with Gasteiger partial charge in [-0.05, 0) is 78.8 Å². The van der Waals surface area contributed by atoms with Gasteiger partial charge in [-0.2, -0.15) is 0 Å². The van der Waals surface area contributed by atoms with Crippen molar-refractivity contribution in [3.8, 4) is 11.1 Å². The molecule has 3 aromatic rings. The molecule has 0 fully saturated rings. The van der Waals surface area contributed by atoms with Gasteiger partial charge in [0.25, 0.3) is 0 Å². The predicted molar refractivity (Wildman–Crippen MR) is 112 cm³/mol. The van der Waals surface area contributed by atoms with Crippen molar-refractivity contribution in [3.63, 3.8) is 0 Å². The molecule has 0 nitrogen and oxygen atoms in total. The number of rotatable bonds is 7. The molecule has 0 bridgehead atoms. The Morgan fingerprint density at radius 1 is 0.577 bits per heavy atom. The van der Waals surface area contributed by atoms with Gasteiger partial charge in [-0.1, -0.05) is 78.7 Å². The van der Waals surface area contributed by atoms with Crippen LogP contribution in [0.1, 0.15) is 47.1 Å². The standard InChI is InChI=1S/C26H28/c1-20-7-9-21(10-8-20)5-3-2-4-6-22-11-13-23(14-12-22)25-17-15-24-16-18-26(24)19-25/h7-15,17,19H,2-6,16,18H2,1H3. The van der Waals surface area contributed by atoms with Crippen molar-refractivity contribution >= 4 is 0 Å². The molecular formula is C26H28. The summed E-state index contributed by atoms with van der Waals surface area (Å²) in [5.74, 6) is 0. The smallest absolute Gasteiger partial charge is 0.0181 e. The van der Waals surface area contributed by atoms with E-state index in [-0.39, 0.29) is 0 Å². The van der Waals surface area contributed by atoms with Crippen LogP contribution >= 0.6 is 0 Å². The first kappa shape index (κ1) is 17.1. The lowest BCUT2D eigenvalue weighted by Crippen LogP contribution is -2.07. The fourth-order valence-corrected chi connectivity index (χ4v) is 3.83. The summed E-state index contributed by atoms with van der Waals surface area (Å²) in [5, 5.41) is 0. The normalized spacial score (nSPS) is 12.5. The molecule has 4 rings (SSSR count). The highest BCUT2D eigenvalue weighted by Gasteiger charge is 2.13. The SMILES string of the molecule is Cc1ccc(CCCCCc2ccc(-c3ccc4c(c3)CC4)cc2)cc1. The lowest BCUT2D eigenvalue weighted by molar-refractivity contribution is 0.678. The minimum Gasteiger partial charge on any atom is -0.0591 e. The minimum atomic E-state index is 1.19. The summed E-state index contributed by atoms with van der Waals surface area (Å²) in [6, 6.07) is 25.1. The molecule has 26 heavy (non-hydrogen) atoms. The van der Waals surface area contributed by atoms with Crippen molar-refractivity contribution in [2.24, 2.45) is 0 Å². The quantitative estimate of drug-likeness (QED) is 0.419. The summed E-state index contributed by atoms with van der Waals surface area (Å²) in [4.78, 5) is 0. The monoisotopic (exact) mass is 340 g/mol. The van der Waals surface area contributed by atoms with Crippen LogP contribution in [0.15, 0.2) is 66.7 Å². The first-order chi connectivity index (χ1) is 12.8. The number of hydrogen-bond acceptors (Lipinski definition) is 0. The molecule has 0 saturated heterocycles. The Labute approximate surface area is 157 Å². The second kappa shape index (κ2) is 7.91. The number of aryl methyl sites for hydroxylation is 5. The number of hydrogen-bond donors (Lipinski definition) is 0. The molecule has 0 unspecified atom stereocenters. The van der Waals surface area contributed by atoms with Crippen LogP contribution in [-0.2, 0) is 25.7 Å². The Kier molecular flexibility index (Phi) is 5.20. The molecule has 0 saturated carbocycles. The van der Waals surface area contributed by atoms with E-state index in [4.69, 9.17) is 0 Å². The maximum atomic E-state index is 2.37. The van der Waals surface area contributed by atoms with Crippen LogP contribution < -0.4 is 0 Å². The highest BCUT2D eigenvalue weighted by Crippen LogP contribution is 2.29. The number of benzene rings is 3. The Bertz CT molecular complexity index is 854. The zero-order valence-corrected chi connectivity index (χ0v) is 15.8. The molecule has 0 amide bonds. The van der Waals surface area contributed by atoms with E-state index in [0.29, 0.717) is 0 Å². The highest BCUT2D eigenvalue weighted by molar-refractivity contribution is 5.66. The first-order valence-electron chi connectivity index (χ1n) is 10.0. The van der Waals surface area contributed by atoms with Gasteiger partial charge in [0.05, 0.1) is 0 Å². The van der Waals surface area contributed by atoms with E-state index >= 15 is 0 Å². The van der Waals surface area contributed by atoms with Crippen molar-refractivity contribution in [1.29, 1.82) is 0 Å². The van der Waals surface area contributed by atoms with Crippen molar-refractivity contribution < 1.29 is 0 Å². The third-order valence-electron chi connectivity index (χ3n) is 5.71. The lowest BCUT2D eigenvalue weighted by Gasteiger charge is -2.19. The maximum Gasteiger partial charge on any atom is -0.0181 e. The van der Waals surface area contributed by atoms with E-state index in [9.17, 15) is 0 Å². The third kappa shape index (κ3) is 4.07. The van der Waals surface area contributed by atoms with Crippen LogP contribution in [0.4, 0.5) is 0 Å². The maximum absolute atomic E-state index is 2.37. The Hall–Kier alpha value is -2.34. The summed E-state index contributed by atoms with van der Waals surface area (Å²) < 4.78 is 0. The van der Waals surface area contributed by atoms with Crippen LogP contribution in [0.2, 0.25) is 0 Å². The largest absolute Gasteiger partial charge is 0.0591 e. The van der Waals surface area contributed by atoms with E-state index in [1.807, 2.05) is 0 Å². The zero-order chi connectivity index (χ0) is 17.8. The highest BCUT2D eigenvalue weighted by atomic mass is 14.2. The van der Waals surface area contributed by atoms with Crippen molar-refractivity contribution in [2.75, 3.05) is 0 Å². The molecule has 132 valence electrons. The summed E-state index contributed by atoms with van der Waals surface area (Å²) in [7, 11) is 0. The molecular weight excluding hydrogens is 312 g/mol. The Morgan fingerprint density at radius 3 is 1.73 bits per heavy atom. The van der Waals surface area contributed by atoms with Crippen molar-refractivity contribution in [1.82, 2.24) is 0 Å². The molecule has 0 radical (unpaired) electrons. The van der Waals surface area contributed by atoms with Gasteiger partial charge in [-0.25, -0.2) is 0 Å². The molecule has 0 atom stereocenters. The summed E-state index contributed by atoms with van der Waals surface area (Å²) in [5.41, 5.74) is 10.1. The van der Waals surface area contributed by atoms with Gasteiger partial charge >= 0.3 is 0 Å². The van der Waals surface area contributed by atoms with E-state index in [2.05, 4.69) is 73.7 Å². The second-order valence-corrected chi connectivity index (χ2v) is 7.73. The van der Waals surface area contributed by atoms with Gasteiger partial charge < -0.3 is 0 Å². The predicted octanol–water partition coefficient (Wildman–Crippen LogP) is 6.72. The van der Waals surface area contributed by atoms with Gasteiger partial charge in [0, 0.05) is 0 Å². The van der Waals surface area contributed by atoms with Crippen molar-refractivity contribution in [3.05, 3.63) is 94.5 Å². The molecule has 1 aliphatic rings. The minimum absolute atomic E-state index is 1.19. The topological polar surface area (TPSA) is 0 Å². The van der Waals surface area contributed by atoms with Crippen LogP contribution in [0, 0.1) is 6.92 Å². The van der Waals surface area contributed by atoms with E-state index < -0.39 is 0 Å². The molecule has 0 spiro atoms. The van der Waals surface area contributed by atoms with E-state index in [1.54, 1.807) is 5.56 Å². The van der Waals surface area contributed by atoms with E-state index in [1.165, 1.54) is 78.3 Å². The number of fused-ring (bicyclic) bond motifs is 1. The molecule has 0 N–H and O–H groups in total. The fraction of sp³-hybridized carbons (Fsp3) is 0.308. The van der Waals surface area contributed by atoms with Crippen LogP contribution in [-0.4, -0.2) is 0 Å². The van der Waals surface area contributed by atoms with Gasteiger partial charge in [-0.3, -0.25) is 0 Å².